The van der Waals surface area contributed by atoms with Gasteiger partial charge in [-0.05, 0) is 28.1 Å². The lowest BCUT2D eigenvalue weighted by atomic mass is 10.2. The molecule has 7 heteroatoms. The first-order chi connectivity index (χ1) is 7.42. The Hall–Kier alpha value is -0.660. The van der Waals surface area contributed by atoms with Crippen LogP contribution in [0.15, 0.2) is 22.8 Å². The van der Waals surface area contributed by atoms with Gasteiger partial charge in [-0.15, -0.1) is 0 Å². The van der Waals surface area contributed by atoms with Gasteiger partial charge in [0.2, 0.25) is 0 Å². The van der Waals surface area contributed by atoms with Crippen LogP contribution in [0.5, 0.6) is 0 Å². The summed E-state index contributed by atoms with van der Waals surface area (Å²) in [4.78, 5) is 3.91. The van der Waals surface area contributed by atoms with E-state index in [0.717, 1.165) is 4.47 Å². The van der Waals surface area contributed by atoms with Crippen molar-refractivity contribution in [1.29, 1.82) is 0 Å². The van der Waals surface area contributed by atoms with E-state index in [1.807, 2.05) is 0 Å². The number of rotatable bonds is 4. The molecule has 1 unspecified atom stereocenters. The Morgan fingerprint density at radius 2 is 2.12 bits per heavy atom. The largest absolute Gasteiger partial charge is 0.401 e. The first-order valence-electron chi connectivity index (χ1n) is 4.45. The monoisotopic (exact) mass is 298 g/mol. The third-order valence-electron chi connectivity index (χ3n) is 1.84. The molecule has 1 heterocycles. The normalized spacial score (nSPS) is 13.8. The van der Waals surface area contributed by atoms with Crippen molar-refractivity contribution >= 4 is 15.9 Å². The maximum Gasteiger partial charge on any atom is 0.401 e. The van der Waals surface area contributed by atoms with E-state index in [9.17, 15) is 13.2 Å². The Morgan fingerprint density at radius 3 is 2.56 bits per heavy atom. The molecule has 90 valence electrons. The maximum absolute atomic E-state index is 12.0. The molecule has 16 heavy (non-hydrogen) atoms. The van der Waals surface area contributed by atoms with Crippen molar-refractivity contribution in [3.05, 3.63) is 28.5 Å². The molecule has 1 aromatic heterocycles. The van der Waals surface area contributed by atoms with E-state index in [1.165, 1.54) is 6.20 Å². The maximum atomic E-state index is 12.0. The Balaban J connectivity index is 2.64. The molecule has 0 radical (unpaired) electrons. The zero-order valence-corrected chi connectivity index (χ0v) is 9.72. The second-order valence-corrected chi connectivity index (χ2v) is 4.05. The minimum absolute atomic E-state index is 0.370. The van der Waals surface area contributed by atoms with Gasteiger partial charge in [-0.25, -0.2) is 0 Å². The van der Waals surface area contributed by atoms with Crippen LogP contribution in [0.25, 0.3) is 0 Å². The number of aromatic nitrogens is 1. The Morgan fingerprint density at radius 1 is 1.44 bits per heavy atom. The van der Waals surface area contributed by atoms with Gasteiger partial charge in [0, 0.05) is 10.7 Å². The summed E-state index contributed by atoms with van der Waals surface area (Å²) in [6, 6.07) is 2.39. The van der Waals surface area contributed by atoms with Crippen LogP contribution in [-0.4, -0.2) is 29.4 Å². The number of hydrogen-bond acceptors (Lipinski definition) is 3. The summed E-state index contributed by atoms with van der Waals surface area (Å²) in [5.74, 6) is 0. The van der Waals surface area contributed by atoms with Crippen LogP contribution in [0, 0.1) is 0 Å². The summed E-state index contributed by atoms with van der Waals surface area (Å²) in [5.41, 5.74) is 0.370. The van der Waals surface area contributed by atoms with Gasteiger partial charge in [0.15, 0.2) is 0 Å². The molecular weight excluding hydrogens is 289 g/mol. The molecule has 0 aromatic carbocycles. The molecule has 3 nitrogen and oxygen atoms in total. The number of aliphatic hydroxyl groups excluding tert-OH is 1. The average Bonchev–Trinajstić information content (AvgIpc) is 2.20. The third kappa shape index (κ3) is 4.46. The smallest absolute Gasteiger partial charge is 0.394 e. The zero-order valence-electron chi connectivity index (χ0n) is 8.13. The molecule has 2 N–H and O–H groups in total. The minimum atomic E-state index is -4.30. The van der Waals surface area contributed by atoms with Gasteiger partial charge in [0.1, 0.15) is 0 Å². The number of aliphatic hydroxyl groups is 1. The van der Waals surface area contributed by atoms with E-state index < -0.39 is 25.4 Å². The Kier molecular flexibility index (Phi) is 4.69. The van der Waals surface area contributed by atoms with Crippen molar-refractivity contribution in [1.82, 2.24) is 10.3 Å². The van der Waals surface area contributed by atoms with Gasteiger partial charge >= 0.3 is 6.18 Å². The first-order valence-corrected chi connectivity index (χ1v) is 5.24. The van der Waals surface area contributed by atoms with Crippen molar-refractivity contribution in [2.75, 3.05) is 13.2 Å². The minimum Gasteiger partial charge on any atom is -0.394 e. The molecule has 1 rings (SSSR count). The summed E-state index contributed by atoms with van der Waals surface area (Å²) in [6.45, 7) is -1.60. The fraction of sp³-hybridized carbons (Fsp3) is 0.444. The van der Waals surface area contributed by atoms with E-state index in [2.05, 4.69) is 26.2 Å². The molecule has 0 bridgehead atoms. The number of nitrogens with one attached hydrogen (secondary N) is 1. The molecular formula is C9H10BrF3N2O. The Bertz CT molecular complexity index is 329. The summed E-state index contributed by atoms with van der Waals surface area (Å²) in [5, 5.41) is 11.2. The quantitative estimate of drug-likeness (QED) is 0.894. The van der Waals surface area contributed by atoms with E-state index in [-0.39, 0.29) is 0 Å². The highest BCUT2D eigenvalue weighted by molar-refractivity contribution is 9.10. The summed E-state index contributed by atoms with van der Waals surface area (Å²) in [7, 11) is 0. The highest BCUT2D eigenvalue weighted by Crippen LogP contribution is 2.17. The lowest BCUT2D eigenvalue weighted by Crippen LogP contribution is -2.34. The van der Waals surface area contributed by atoms with E-state index in [0.29, 0.717) is 5.69 Å². The molecule has 0 aliphatic heterocycles. The van der Waals surface area contributed by atoms with Crippen LogP contribution < -0.4 is 5.32 Å². The second kappa shape index (κ2) is 5.60. The molecule has 1 atom stereocenters. The van der Waals surface area contributed by atoms with Crippen molar-refractivity contribution in [2.24, 2.45) is 0 Å². The lowest BCUT2D eigenvalue weighted by Gasteiger charge is -2.16. The fourth-order valence-electron chi connectivity index (χ4n) is 1.09. The van der Waals surface area contributed by atoms with Gasteiger partial charge in [0.05, 0.1) is 24.9 Å². The highest BCUT2D eigenvalue weighted by atomic mass is 79.9. The third-order valence-corrected chi connectivity index (χ3v) is 2.31. The van der Waals surface area contributed by atoms with Crippen LogP contribution >= 0.6 is 15.9 Å². The van der Waals surface area contributed by atoms with E-state index in [4.69, 9.17) is 5.11 Å². The number of pyridine rings is 1. The van der Waals surface area contributed by atoms with Crippen LogP contribution in [0.4, 0.5) is 13.2 Å². The van der Waals surface area contributed by atoms with Crippen LogP contribution in [-0.2, 0) is 0 Å². The van der Waals surface area contributed by atoms with Gasteiger partial charge < -0.3 is 5.11 Å². The standard InChI is InChI=1S/C9H10BrF3N2O/c10-6-1-2-7(14-3-6)8(4-16)15-5-9(11,12)13/h1-3,8,15-16H,4-5H2. The lowest BCUT2D eigenvalue weighted by molar-refractivity contribution is -0.126. The van der Waals surface area contributed by atoms with Crippen molar-refractivity contribution in [3.63, 3.8) is 0 Å². The summed E-state index contributed by atoms with van der Waals surface area (Å²) < 4.78 is 36.6. The van der Waals surface area contributed by atoms with Crippen LogP contribution in [0.2, 0.25) is 0 Å². The predicted molar refractivity (Wildman–Crippen MR) is 55.8 cm³/mol. The second-order valence-electron chi connectivity index (χ2n) is 3.13. The zero-order chi connectivity index (χ0) is 12.2. The predicted octanol–water partition coefficient (Wildman–Crippen LogP) is 2.03. The van der Waals surface area contributed by atoms with Crippen molar-refractivity contribution in [2.45, 2.75) is 12.2 Å². The average molecular weight is 299 g/mol. The molecule has 0 spiro atoms. The van der Waals surface area contributed by atoms with Crippen molar-refractivity contribution in [3.8, 4) is 0 Å². The first kappa shape index (κ1) is 13.4. The summed E-state index contributed by atoms with van der Waals surface area (Å²) in [6.07, 6.45) is -2.84. The number of alkyl halides is 3. The topological polar surface area (TPSA) is 45.1 Å². The summed E-state index contributed by atoms with van der Waals surface area (Å²) >= 11 is 3.16. The van der Waals surface area contributed by atoms with Gasteiger partial charge in [0.25, 0.3) is 0 Å². The van der Waals surface area contributed by atoms with E-state index in [1.54, 1.807) is 12.1 Å². The fourth-order valence-corrected chi connectivity index (χ4v) is 1.33. The molecule has 0 aliphatic carbocycles. The van der Waals surface area contributed by atoms with Gasteiger partial charge in [-0.1, -0.05) is 0 Å². The molecule has 0 amide bonds. The molecule has 1 aromatic rings. The molecule has 0 aliphatic rings. The molecule has 0 saturated heterocycles. The number of halogens is 4. The molecule has 0 saturated carbocycles. The molecule has 0 fully saturated rings. The highest BCUT2D eigenvalue weighted by Gasteiger charge is 2.28. The van der Waals surface area contributed by atoms with Gasteiger partial charge in [-0.3, -0.25) is 10.3 Å². The van der Waals surface area contributed by atoms with E-state index >= 15 is 0 Å². The Labute approximate surface area is 98.8 Å². The van der Waals surface area contributed by atoms with Crippen molar-refractivity contribution < 1.29 is 18.3 Å². The van der Waals surface area contributed by atoms with Gasteiger partial charge in [-0.2, -0.15) is 13.2 Å². The van der Waals surface area contributed by atoms with Crippen LogP contribution in [0.3, 0.4) is 0 Å². The SMILES string of the molecule is OCC(NCC(F)(F)F)c1ccc(Br)cn1. The number of nitrogens with zero attached hydrogens (tertiary/aromatic N) is 1. The van der Waals surface area contributed by atoms with Crippen LogP contribution in [0.1, 0.15) is 11.7 Å². The number of hydrogen-bond donors (Lipinski definition) is 2.